The maximum Gasteiger partial charge on any atom is 0.325 e. The zero-order valence-corrected chi connectivity index (χ0v) is 16.9. The minimum atomic E-state index is -1.35. The molecule has 0 aliphatic rings. The number of aliphatic hydroxyl groups is 1. The number of nitrogens with two attached hydrogens (primary N) is 2. The predicted molar refractivity (Wildman–Crippen MR) is 106 cm³/mol. The lowest BCUT2D eigenvalue weighted by atomic mass is 10.1. The molecule has 0 aliphatic carbocycles. The van der Waals surface area contributed by atoms with Gasteiger partial charge in [0.05, 0.1) is 12.1 Å². The second-order valence-corrected chi connectivity index (χ2v) is 6.80. The Morgan fingerprint density at radius 3 is 2.07 bits per heavy atom. The van der Waals surface area contributed by atoms with Crippen LogP contribution in [0.3, 0.4) is 0 Å². The van der Waals surface area contributed by atoms with Gasteiger partial charge in [0.1, 0.15) is 18.1 Å². The van der Waals surface area contributed by atoms with Crippen molar-refractivity contribution in [2.45, 2.75) is 63.4 Å². The molecule has 0 aromatic rings. The SMILES string of the molecule is CC(NC(=O)C(CS)NC(=O)C(NC(=O)C(N)CCCCN)C(C)O)C(=O)O. The van der Waals surface area contributed by atoms with E-state index in [-0.39, 0.29) is 5.75 Å². The van der Waals surface area contributed by atoms with Gasteiger partial charge in [0.2, 0.25) is 17.7 Å². The molecule has 162 valence electrons. The first-order valence-corrected chi connectivity index (χ1v) is 9.56. The van der Waals surface area contributed by atoms with Gasteiger partial charge in [-0.1, -0.05) is 6.42 Å². The minimum Gasteiger partial charge on any atom is -0.480 e. The highest BCUT2D eigenvalue weighted by Gasteiger charge is 2.31. The molecule has 5 unspecified atom stereocenters. The molecule has 0 spiro atoms. The standard InChI is InChI=1S/C16H31N5O6S/c1-8(16(26)27)19-14(24)11(7-28)20-15(25)12(9(2)22)21-13(23)10(18)5-3-4-6-17/h8-12,22,28H,3-7,17-18H2,1-2H3,(H,19,24)(H,20,25)(H,21,23)(H,26,27). The lowest BCUT2D eigenvalue weighted by Crippen LogP contribution is -2.60. The van der Waals surface area contributed by atoms with Gasteiger partial charge in [-0.2, -0.15) is 12.6 Å². The van der Waals surface area contributed by atoms with Crippen molar-refractivity contribution in [3.63, 3.8) is 0 Å². The highest BCUT2D eigenvalue weighted by Crippen LogP contribution is 2.02. The van der Waals surface area contributed by atoms with Crippen LogP contribution in [-0.4, -0.2) is 76.5 Å². The lowest BCUT2D eigenvalue weighted by molar-refractivity contribution is -0.141. The second kappa shape index (κ2) is 13.3. The largest absolute Gasteiger partial charge is 0.480 e. The van der Waals surface area contributed by atoms with E-state index in [1.807, 2.05) is 0 Å². The van der Waals surface area contributed by atoms with Gasteiger partial charge in [-0.15, -0.1) is 0 Å². The molecule has 0 aromatic heterocycles. The van der Waals surface area contributed by atoms with Crippen LogP contribution in [0.5, 0.6) is 0 Å². The van der Waals surface area contributed by atoms with E-state index < -0.39 is 54.0 Å². The summed E-state index contributed by atoms with van der Waals surface area (Å²) in [6.07, 6.45) is 0.447. The molecule has 0 radical (unpaired) electrons. The monoisotopic (exact) mass is 421 g/mol. The number of aliphatic hydroxyl groups excluding tert-OH is 1. The molecule has 0 saturated heterocycles. The third-order valence-electron chi connectivity index (χ3n) is 3.91. The molecule has 0 aromatic carbocycles. The van der Waals surface area contributed by atoms with Gasteiger partial charge in [0.25, 0.3) is 0 Å². The number of unbranched alkanes of at least 4 members (excludes halogenated alkanes) is 1. The molecule has 28 heavy (non-hydrogen) atoms. The number of thiol groups is 1. The van der Waals surface area contributed by atoms with Crippen LogP contribution < -0.4 is 27.4 Å². The number of carboxylic acids is 1. The van der Waals surface area contributed by atoms with Crippen molar-refractivity contribution in [3.8, 4) is 0 Å². The van der Waals surface area contributed by atoms with Gasteiger partial charge in [-0.25, -0.2) is 0 Å². The summed E-state index contributed by atoms with van der Waals surface area (Å²) in [7, 11) is 0. The smallest absolute Gasteiger partial charge is 0.325 e. The normalized spacial score (nSPS) is 16.2. The third kappa shape index (κ3) is 9.35. The highest BCUT2D eigenvalue weighted by molar-refractivity contribution is 7.80. The average molecular weight is 422 g/mol. The summed E-state index contributed by atoms with van der Waals surface area (Å²) >= 11 is 3.97. The van der Waals surface area contributed by atoms with Crippen molar-refractivity contribution >= 4 is 36.3 Å². The molecule has 0 heterocycles. The number of carboxylic acid groups (broad SMARTS) is 1. The van der Waals surface area contributed by atoms with Gasteiger partial charge in [-0.3, -0.25) is 19.2 Å². The van der Waals surface area contributed by atoms with Crippen LogP contribution in [0.4, 0.5) is 0 Å². The fraction of sp³-hybridized carbons (Fsp3) is 0.750. The van der Waals surface area contributed by atoms with Crippen LogP contribution in [0.15, 0.2) is 0 Å². The van der Waals surface area contributed by atoms with E-state index in [4.69, 9.17) is 16.6 Å². The topological polar surface area (TPSA) is 197 Å². The van der Waals surface area contributed by atoms with Gasteiger partial charge < -0.3 is 37.6 Å². The number of hydrogen-bond donors (Lipinski definition) is 8. The van der Waals surface area contributed by atoms with Gasteiger partial charge in [0, 0.05) is 5.75 Å². The van der Waals surface area contributed by atoms with Crippen LogP contribution >= 0.6 is 12.6 Å². The molecule has 3 amide bonds. The summed E-state index contributed by atoms with van der Waals surface area (Å²) in [5.74, 6) is -3.56. The summed E-state index contributed by atoms with van der Waals surface area (Å²) in [4.78, 5) is 47.5. The van der Waals surface area contributed by atoms with Crippen molar-refractivity contribution in [3.05, 3.63) is 0 Å². The van der Waals surface area contributed by atoms with E-state index in [9.17, 15) is 24.3 Å². The Kier molecular flexibility index (Phi) is 12.4. The Morgan fingerprint density at radius 1 is 1.00 bits per heavy atom. The van der Waals surface area contributed by atoms with E-state index in [0.717, 1.165) is 0 Å². The summed E-state index contributed by atoms with van der Waals surface area (Å²) in [5, 5.41) is 25.6. The van der Waals surface area contributed by atoms with Crippen LogP contribution in [0.2, 0.25) is 0 Å². The van der Waals surface area contributed by atoms with Crippen molar-refractivity contribution < 1.29 is 29.4 Å². The average Bonchev–Trinajstić information content (AvgIpc) is 2.62. The Bertz CT molecular complexity index is 548. The molecular formula is C16H31N5O6S. The summed E-state index contributed by atoms with van der Waals surface area (Å²) in [6.45, 7) is 3.04. The first-order chi connectivity index (χ1) is 13.0. The minimum absolute atomic E-state index is 0.122. The van der Waals surface area contributed by atoms with E-state index >= 15 is 0 Å². The summed E-state index contributed by atoms with van der Waals surface area (Å²) in [6, 6.07) is -4.54. The Balaban J connectivity index is 4.92. The lowest BCUT2D eigenvalue weighted by Gasteiger charge is -2.25. The van der Waals surface area contributed by atoms with Crippen LogP contribution in [0, 0.1) is 0 Å². The number of aliphatic carboxylic acids is 1. The molecule has 0 rings (SSSR count). The Hall–Kier alpha value is -1.89. The second-order valence-electron chi connectivity index (χ2n) is 6.43. The van der Waals surface area contributed by atoms with Crippen molar-refractivity contribution in [1.29, 1.82) is 0 Å². The van der Waals surface area contributed by atoms with Gasteiger partial charge in [0.15, 0.2) is 0 Å². The summed E-state index contributed by atoms with van der Waals surface area (Å²) < 4.78 is 0. The van der Waals surface area contributed by atoms with E-state index in [1.165, 1.54) is 13.8 Å². The van der Waals surface area contributed by atoms with Crippen LogP contribution in [0.25, 0.3) is 0 Å². The molecule has 0 fully saturated rings. The molecule has 11 nitrogen and oxygen atoms in total. The number of carbonyl (C=O) groups excluding carboxylic acids is 3. The number of rotatable bonds is 13. The van der Waals surface area contributed by atoms with Crippen LogP contribution in [-0.2, 0) is 19.2 Å². The fourth-order valence-electron chi connectivity index (χ4n) is 2.14. The molecule has 12 heteroatoms. The van der Waals surface area contributed by atoms with Crippen molar-refractivity contribution in [2.24, 2.45) is 11.5 Å². The first-order valence-electron chi connectivity index (χ1n) is 8.93. The van der Waals surface area contributed by atoms with Gasteiger partial charge >= 0.3 is 5.97 Å². The molecule has 0 bridgehead atoms. The Labute approximate surface area is 169 Å². The number of hydrogen-bond acceptors (Lipinski definition) is 8. The third-order valence-corrected chi connectivity index (χ3v) is 4.28. The van der Waals surface area contributed by atoms with Crippen molar-refractivity contribution in [1.82, 2.24) is 16.0 Å². The van der Waals surface area contributed by atoms with Crippen LogP contribution in [0.1, 0.15) is 33.1 Å². The van der Waals surface area contributed by atoms with Crippen molar-refractivity contribution in [2.75, 3.05) is 12.3 Å². The zero-order valence-electron chi connectivity index (χ0n) is 16.1. The quantitative estimate of drug-likeness (QED) is 0.116. The first kappa shape index (κ1) is 26.1. The molecular weight excluding hydrogens is 390 g/mol. The van der Waals surface area contributed by atoms with E-state index in [2.05, 4.69) is 28.6 Å². The number of nitrogens with one attached hydrogen (secondary N) is 3. The maximum atomic E-state index is 12.4. The molecule has 0 saturated carbocycles. The fourth-order valence-corrected chi connectivity index (χ4v) is 2.39. The predicted octanol–water partition coefficient (Wildman–Crippen LogP) is -2.69. The molecule has 5 atom stereocenters. The van der Waals surface area contributed by atoms with Gasteiger partial charge in [-0.05, 0) is 33.2 Å². The zero-order chi connectivity index (χ0) is 21.9. The maximum absolute atomic E-state index is 12.4. The van der Waals surface area contributed by atoms with E-state index in [1.54, 1.807) is 0 Å². The Morgan fingerprint density at radius 2 is 1.61 bits per heavy atom. The molecule has 9 N–H and O–H groups in total. The van der Waals surface area contributed by atoms with E-state index in [0.29, 0.717) is 25.8 Å². The molecule has 0 aliphatic heterocycles. The number of amides is 3. The highest BCUT2D eigenvalue weighted by atomic mass is 32.1. The number of carbonyl (C=O) groups is 4. The summed E-state index contributed by atoms with van der Waals surface area (Å²) in [5.41, 5.74) is 11.1.